The normalized spacial score (nSPS) is 10.6. The van der Waals surface area contributed by atoms with E-state index in [2.05, 4.69) is 34.0 Å². The second kappa shape index (κ2) is 2.57. The van der Waals surface area contributed by atoms with Gasteiger partial charge in [0.1, 0.15) is 0 Å². The van der Waals surface area contributed by atoms with E-state index in [0.29, 0.717) is 11.7 Å². The fourth-order valence-corrected chi connectivity index (χ4v) is 0.592. The van der Waals surface area contributed by atoms with E-state index in [-0.39, 0.29) is 0 Å². The van der Waals surface area contributed by atoms with Gasteiger partial charge in [-0.1, -0.05) is 18.9 Å². The summed E-state index contributed by atoms with van der Waals surface area (Å²) < 4.78 is 4.30. The van der Waals surface area contributed by atoms with Crippen molar-refractivity contribution < 1.29 is 4.63 Å². The predicted octanol–water partition coefficient (Wildman–Crippen LogP) is 0.663. The number of rotatable bonds is 2. The van der Waals surface area contributed by atoms with Crippen molar-refractivity contribution in [1.82, 2.24) is 15.5 Å². The van der Waals surface area contributed by atoms with Gasteiger partial charge in [0.05, 0.1) is 5.27 Å². The van der Waals surface area contributed by atoms with Crippen LogP contribution in [0.4, 0.5) is 0 Å². The van der Waals surface area contributed by atoms with Gasteiger partial charge in [-0.3, -0.25) is 0 Å². The van der Waals surface area contributed by atoms with E-state index in [1.165, 1.54) is 0 Å². The molecule has 0 amide bonds. The third kappa shape index (κ3) is 1.79. The fourth-order valence-electron chi connectivity index (χ4n) is 0.592. The third-order valence-electron chi connectivity index (χ3n) is 0.930. The molecule has 0 N–H and O–H groups in total. The first kappa shape index (κ1) is 6.19. The van der Waals surface area contributed by atoms with Gasteiger partial charge in [-0.05, 0) is 11.1 Å². The highest BCUT2D eigenvalue weighted by molar-refractivity contribution is 4.75. The Morgan fingerprint density at radius 2 is 2.33 bits per heavy atom. The topological polar surface area (TPSA) is 51.8 Å². The van der Waals surface area contributed by atoms with Gasteiger partial charge < -0.3 is 0 Å². The first-order valence-corrected chi connectivity index (χ1v) is 2.93. The molecule has 0 unspecified atom stereocenters. The third-order valence-corrected chi connectivity index (χ3v) is 0.930. The summed E-state index contributed by atoms with van der Waals surface area (Å²) in [7, 11) is 0. The molecule has 0 radical (unpaired) electrons. The largest absolute Gasteiger partial charge is 0.222 e. The Labute approximate surface area is 53.2 Å². The smallest absolute Gasteiger partial charge is 0.196 e. The van der Waals surface area contributed by atoms with E-state index in [4.69, 9.17) is 0 Å². The van der Waals surface area contributed by atoms with Gasteiger partial charge >= 0.3 is 0 Å². The van der Waals surface area contributed by atoms with Gasteiger partial charge in [-0.25, -0.2) is 4.63 Å². The zero-order valence-electron chi connectivity index (χ0n) is 5.53. The molecule has 0 aliphatic carbocycles. The zero-order valence-corrected chi connectivity index (χ0v) is 5.53. The molecule has 1 aromatic heterocycles. The lowest BCUT2D eigenvalue weighted by molar-refractivity contribution is 0.290. The average molecular weight is 127 g/mol. The van der Waals surface area contributed by atoms with E-state index in [0.717, 1.165) is 6.42 Å². The van der Waals surface area contributed by atoms with Crippen LogP contribution in [0.3, 0.4) is 0 Å². The van der Waals surface area contributed by atoms with Crippen molar-refractivity contribution in [3.05, 3.63) is 5.82 Å². The van der Waals surface area contributed by atoms with Gasteiger partial charge in [-0.2, -0.15) is 0 Å². The lowest BCUT2D eigenvalue weighted by Crippen LogP contribution is -1.95. The van der Waals surface area contributed by atoms with Gasteiger partial charge in [-0.15, -0.1) is 0 Å². The van der Waals surface area contributed by atoms with E-state index < -0.39 is 0 Å². The van der Waals surface area contributed by atoms with Crippen LogP contribution in [0, 0.1) is 5.92 Å². The van der Waals surface area contributed by atoms with Crippen LogP contribution >= 0.6 is 0 Å². The van der Waals surface area contributed by atoms with Crippen molar-refractivity contribution in [3.8, 4) is 0 Å². The molecule has 0 saturated heterocycles. The van der Waals surface area contributed by atoms with Crippen LogP contribution in [-0.4, -0.2) is 15.5 Å². The summed E-state index contributed by atoms with van der Waals surface area (Å²) >= 11 is 0. The number of nitrogens with zero attached hydrogens (tertiary/aromatic N) is 3. The zero-order chi connectivity index (χ0) is 6.69. The van der Waals surface area contributed by atoms with E-state index in [9.17, 15) is 0 Å². The molecule has 1 rings (SSSR count). The summed E-state index contributed by atoms with van der Waals surface area (Å²) in [6.07, 6.45) is 0.837. The highest BCUT2D eigenvalue weighted by Gasteiger charge is 2.01. The van der Waals surface area contributed by atoms with Crippen LogP contribution in [0.2, 0.25) is 0 Å². The Kier molecular flexibility index (Phi) is 1.77. The Morgan fingerprint density at radius 3 is 2.78 bits per heavy atom. The van der Waals surface area contributed by atoms with Crippen molar-refractivity contribution in [1.29, 1.82) is 0 Å². The summed E-state index contributed by atoms with van der Waals surface area (Å²) in [6.45, 7) is 4.19. The monoisotopic (exact) mass is 127 g/mol. The quantitative estimate of drug-likeness (QED) is 0.585. The molecular weight excluding hydrogens is 118 g/mol. The molecule has 0 atom stereocenters. The molecular formula is C5H9N3O. The summed E-state index contributed by atoms with van der Waals surface area (Å²) in [5.74, 6) is 1.24. The maximum absolute atomic E-state index is 4.30. The second-order valence-electron chi connectivity index (χ2n) is 2.37. The van der Waals surface area contributed by atoms with Crippen molar-refractivity contribution in [3.63, 3.8) is 0 Å². The standard InChI is InChI=1S/C5H9N3O/c1-4(2)3-5-6-8-9-7-5/h4H,3H2,1-2H3. The van der Waals surface area contributed by atoms with Crippen LogP contribution in [0.5, 0.6) is 0 Å². The summed E-state index contributed by atoms with van der Waals surface area (Å²) in [5, 5.41) is 10.4. The van der Waals surface area contributed by atoms with Crippen LogP contribution in [0.15, 0.2) is 4.63 Å². The maximum atomic E-state index is 4.30. The minimum atomic E-state index is 0.560. The van der Waals surface area contributed by atoms with E-state index in [1.54, 1.807) is 0 Å². The van der Waals surface area contributed by atoms with Crippen LogP contribution in [-0.2, 0) is 6.42 Å². The first-order chi connectivity index (χ1) is 4.29. The van der Waals surface area contributed by atoms with Crippen molar-refractivity contribution in [2.24, 2.45) is 5.92 Å². The summed E-state index contributed by atoms with van der Waals surface area (Å²) in [4.78, 5) is 0. The van der Waals surface area contributed by atoms with Gasteiger partial charge in [0, 0.05) is 6.42 Å². The molecule has 0 saturated carbocycles. The molecule has 0 aliphatic heterocycles. The van der Waals surface area contributed by atoms with Crippen molar-refractivity contribution in [2.75, 3.05) is 0 Å². The maximum Gasteiger partial charge on any atom is 0.196 e. The lowest BCUT2D eigenvalue weighted by Gasteiger charge is -1.94. The van der Waals surface area contributed by atoms with Crippen molar-refractivity contribution in [2.45, 2.75) is 20.3 Å². The first-order valence-electron chi connectivity index (χ1n) is 2.93. The van der Waals surface area contributed by atoms with Gasteiger partial charge in [0.25, 0.3) is 0 Å². The van der Waals surface area contributed by atoms with E-state index >= 15 is 0 Å². The molecule has 9 heavy (non-hydrogen) atoms. The minimum Gasteiger partial charge on any atom is -0.222 e. The lowest BCUT2D eigenvalue weighted by atomic mass is 10.1. The number of aromatic nitrogens is 3. The Balaban J connectivity index is 2.48. The summed E-state index contributed by atoms with van der Waals surface area (Å²) in [6, 6.07) is 0. The van der Waals surface area contributed by atoms with Crippen LogP contribution in [0.1, 0.15) is 19.7 Å². The molecule has 0 fully saturated rings. The molecule has 1 heterocycles. The molecule has 4 nitrogen and oxygen atoms in total. The van der Waals surface area contributed by atoms with Crippen molar-refractivity contribution >= 4 is 0 Å². The Hall–Kier alpha value is -0.930. The molecule has 0 aliphatic rings. The highest BCUT2D eigenvalue weighted by atomic mass is 16.6. The SMILES string of the molecule is CC(C)Cc1nnon1. The highest BCUT2D eigenvalue weighted by Crippen LogP contribution is 1.99. The Bertz CT molecular complexity index is 159. The Morgan fingerprint density at radius 1 is 1.56 bits per heavy atom. The molecule has 50 valence electrons. The molecule has 0 aromatic carbocycles. The van der Waals surface area contributed by atoms with Crippen LogP contribution in [0.25, 0.3) is 0 Å². The fraction of sp³-hybridized carbons (Fsp3) is 0.800. The number of hydrogen-bond donors (Lipinski definition) is 0. The molecule has 0 bridgehead atoms. The minimum absolute atomic E-state index is 0.560. The molecule has 4 heteroatoms. The second-order valence-corrected chi connectivity index (χ2v) is 2.37. The molecule has 0 spiro atoms. The van der Waals surface area contributed by atoms with Gasteiger partial charge in [0.15, 0.2) is 5.82 Å². The number of hydrogen-bond acceptors (Lipinski definition) is 4. The predicted molar refractivity (Wildman–Crippen MR) is 30.6 cm³/mol. The average Bonchev–Trinajstić information content (AvgIpc) is 2.15. The summed E-state index contributed by atoms with van der Waals surface area (Å²) in [5.41, 5.74) is 0. The van der Waals surface area contributed by atoms with E-state index in [1.807, 2.05) is 0 Å². The van der Waals surface area contributed by atoms with Gasteiger partial charge in [0.2, 0.25) is 0 Å². The van der Waals surface area contributed by atoms with Crippen LogP contribution < -0.4 is 0 Å². The molecule has 1 aromatic rings.